The van der Waals surface area contributed by atoms with Crippen molar-refractivity contribution in [2.45, 2.75) is 13.0 Å². The van der Waals surface area contributed by atoms with Gasteiger partial charge in [-0.05, 0) is 71.7 Å². The fourth-order valence-corrected chi connectivity index (χ4v) is 3.67. The molecular weight excluding hydrogens is 363 g/mol. The molecule has 0 amide bonds. The highest BCUT2D eigenvalue weighted by Crippen LogP contribution is 2.25. The molecule has 0 fully saturated rings. The molecule has 1 aromatic heterocycles. The summed E-state index contributed by atoms with van der Waals surface area (Å²) in [5, 5.41) is 1.32. The molecule has 0 saturated carbocycles. The minimum Gasteiger partial charge on any atom is -0.280 e. The van der Waals surface area contributed by atoms with Crippen LogP contribution in [-0.2, 0) is 13.0 Å². The Morgan fingerprint density at radius 1 is 0.885 bits per heavy atom. The van der Waals surface area contributed by atoms with E-state index in [2.05, 4.69) is 28.2 Å². The SMILES string of the molecule is Clc1cc(Cl)cc(Cc2ccc3c(c2)C(/C=C/c2ccccn2)=NC3)c1. The van der Waals surface area contributed by atoms with Crippen LogP contribution >= 0.6 is 23.2 Å². The standard InChI is InChI=1S/C22H16Cl2N2/c23-18-10-16(11-19(24)13-18)9-15-4-5-17-14-26-22(21(17)12-15)7-6-20-3-1-2-8-25-20/h1-8,10-13H,9,14H2/b7-6+. The number of hydrogen-bond acceptors (Lipinski definition) is 2. The average molecular weight is 379 g/mol. The lowest BCUT2D eigenvalue weighted by Crippen LogP contribution is -1.97. The van der Waals surface area contributed by atoms with Crippen molar-refractivity contribution in [3.8, 4) is 0 Å². The van der Waals surface area contributed by atoms with E-state index in [0.29, 0.717) is 10.0 Å². The second-order valence-corrected chi connectivity index (χ2v) is 7.11. The van der Waals surface area contributed by atoms with Gasteiger partial charge in [-0.3, -0.25) is 9.98 Å². The molecule has 4 heteroatoms. The maximum Gasteiger partial charge on any atom is 0.0655 e. The first-order valence-corrected chi connectivity index (χ1v) is 9.14. The van der Waals surface area contributed by atoms with E-state index in [1.54, 1.807) is 12.3 Å². The van der Waals surface area contributed by atoms with Crippen molar-refractivity contribution < 1.29 is 0 Å². The monoisotopic (exact) mass is 378 g/mol. The molecule has 0 atom stereocenters. The van der Waals surface area contributed by atoms with Gasteiger partial charge in [0.25, 0.3) is 0 Å². The molecule has 0 bridgehead atoms. The number of rotatable bonds is 4. The summed E-state index contributed by atoms with van der Waals surface area (Å²) in [5.41, 5.74) is 6.66. The Morgan fingerprint density at radius 2 is 1.73 bits per heavy atom. The van der Waals surface area contributed by atoms with Gasteiger partial charge in [-0.2, -0.15) is 0 Å². The van der Waals surface area contributed by atoms with Gasteiger partial charge >= 0.3 is 0 Å². The van der Waals surface area contributed by atoms with Gasteiger partial charge in [0.15, 0.2) is 0 Å². The van der Waals surface area contributed by atoms with Crippen LogP contribution in [-0.4, -0.2) is 10.7 Å². The Balaban J connectivity index is 1.58. The quantitative estimate of drug-likeness (QED) is 0.546. The molecule has 3 aromatic rings. The molecule has 1 aliphatic heterocycles. The number of halogens is 2. The van der Waals surface area contributed by atoms with E-state index < -0.39 is 0 Å². The molecule has 0 N–H and O–H groups in total. The van der Waals surface area contributed by atoms with Gasteiger partial charge in [0.1, 0.15) is 0 Å². The number of aliphatic imine (C=N–C) groups is 1. The fraction of sp³-hybridized carbons (Fsp3) is 0.0909. The molecule has 0 spiro atoms. The zero-order chi connectivity index (χ0) is 17.9. The molecule has 0 saturated heterocycles. The van der Waals surface area contributed by atoms with Crippen molar-refractivity contribution in [3.63, 3.8) is 0 Å². The molecule has 0 unspecified atom stereocenters. The second-order valence-electron chi connectivity index (χ2n) is 6.24. The third-order valence-electron chi connectivity index (χ3n) is 4.30. The minimum absolute atomic E-state index is 0.661. The van der Waals surface area contributed by atoms with Crippen molar-refractivity contribution in [2.75, 3.05) is 0 Å². The van der Waals surface area contributed by atoms with Crippen molar-refractivity contribution in [3.05, 3.63) is 105 Å². The van der Waals surface area contributed by atoms with E-state index in [1.807, 2.05) is 42.5 Å². The Labute approximate surface area is 162 Å². The molecular formula is C22H16Cl2N2. The van der Waals surface area contributed by atoms with E-state index >= 15 is 0 Å². The molecule has 2 aromatic carbocycles. The van der Waals surface area contributed by atoms with E-state index in [1.165, 1.54) is 16.7 Å². The fourth-order valence-electron chi connectivity index (χ4n) is 3.10. The Morgan fingerprint density at radius 3 is 2.50 bits per heavy atom. The maximum absolute atomic E-state index is 6.11. The van der Waals surface area contributed by atoms with E-state index in [0.717, 1.165) is 29.9 Å². The lowest BCUT2D eigenvalue weighted by atomic mass is 9.98. The van der Waals surface area contributed by atoms with Crippen LogP contribution in [0.15, 0.2) is 71.9 Å². The number of nitrogens with zero attached hydrogens (tertiary/aromatic N) is 2. The summed E-state index contributed by atoms with van der Waals surface area (Å²) in [6.45, 7) is 0.723. The Kier molecular flexibility index (Phi) is 4.87. The molecule has 2 nitrogen and oxygen atoms in total. The van der Waals surface area contributed by atoms with Gasteiger partial charge in [0.05, 0.1) is 18.0 Å². The van der Waals surface area contributed by atoms with Crippen LogP contribution in [0.2, 0.25) is 10.0 Å². The highest BCUT2D eigenvalue weighted by atomic mass is 35.5. The normalized spacial score (nSPS) is 13.1. The molecule has 128 valence electrons. The van der Waals surface area contributed by atoms with Crippen LogP contribution in [0.5, 0.6) is 0 Å². The van der Waals surface area contributed by atoms with Crippen molar-refractivity contribution >= 4 is 35.0 Å². The van der Waals surface area contributed by atoms with Crippen LogP contribution < -0.4 is 0 Å². The third-order valence-corrected chi connectivity index (χ3v) is 4.74. The predicted octanol–water partition coefficient (Wildman–Crippen LogP) is 6.00. The lowest BCUT2D eigenvalue weighted by molar-refractivity contribution is 1.10. The van der Waals surface area contributed by atoms with Gasteiger partial charge in [0.2, 0.25) is 0 Å². The van der Waals surface area contributed by atoms with Crippen LogP contribution in [0, 0.1) is 0 Å². The first-order valence-electron chi connectivity index (χ1n) is 8.38. The first-order chi connectivity index (χ1) is 12.7. The minimum atomic E-state index is 0.661. The molecule has 26 heavy (non-hydrogen) atoms. The third kappa shape index (κ3) is 3.87. The number of pyridine rings is 1. The zero-order valence-corrected chi connectivity index (χ0v) is 15.5. The number of benzene rings is 2. The van der Waals surface area contributed by atoms with Gasteiger partial charge in [-0.25, -0.2) is 0 Å². The highest BCUT2D eigenvalue weighted by Gasteiger charge is 2.14. The largest absolute Gasteiger partial charge is 0.280 e. The van der Waals surface area contributed by atoms with Gasteiger partial charge in [-0.1, -0.05) is 41.4 Å². The summed E-state index contributed by atoms with van der Waals surface area (Å²) in [5.74, 6) is 0. The maximum atomic E-state index is 6.11. The smallest absolute Gasteiger partial charge is 0.0655 e. The van der Waals surface area contributed by atoms with Gasteiger partial charge in [-0.15, -0.1) is 0 Å². The molecule has 0 radical (unpaired) electrons. The van der Waals surface area contributed by atoms with Gasteiger partial charge in [0, 0.05) is 21.8 Å². The number of hydrogen-bond donors (Lipinski definition) is 0. The molecule has 1 aliphatic rings. The van der Waals surface area contributed by atoms with Crippen LogP contribution in [0.25, 0.3) is 6.08 Å². The zero-order valence-electron chi connectivity index (χ0n) is 14.0. The summed E-state index contributed by atoms with van der Waals surface area (Å²) < 4.78 is 0. The summed E-state index contributed by atoms with van der Waals surface area (Å²) in [4.78, 5) is 8.97. The lowest BCUT2D eigenvalue weighted by Gasteiger charge is -2.07. The number of aromatic nitrogens is 1. The van der Waals surface area contributed by atoms with Gasteiger partial charge < -0.3 is 0 Å². The number of fused-ring (bicyclic) bond motifs is 1. The highest BCUT2D eigenvalue weighted by molar-refractivity contribution is 6.34. The first kappa shape index (κ1) is 17.0. The van der Waals surface area contributed by atoms with E-state index in [-0.39, 0.29) is 0 Å². The summed E-state index contributed by atoms with van der Waals surface area (Å²) >= 11 is 12.2. The summed E-state index contributed by atoms with van der Waals surface area (Å²) in [6.07, 6.45) is 6.61. The second kappa shape index (κ2) is 7.45. The molecule has 0 aliphatic carbocycles. The van der Waals surface area contributed by atoms with Crippen LogP contribution in [0.3, 0.4) is 0 Å². The number of allylic oxidation sites excluding steroid dienone is 1. The topological polar surface area (TPSA) is 25.2 Å². The van der Waals surface area contributed by atoms with Crippen molar-refractivity contribution in [2.24, 2.45) is 4.99 Å². The van der Waals surface area contributed by atoms with Crippen LogP contribution in [0.4, 0.5) is 0 Å². The van der Waals surface area contributed by atoms with Crippen molar-refractivity contribution in [1.29, 1.82) is 0 Å². The average Bonchev–Trinajstić information content (AvgIpc) is 3.02. The Bertz CT molecular complexity index is 988. The predicted molar refractivity (Wildman–Crippen MR) is 109 cm³/mol. The summed E-state index contributed by atoms with van der Waals surface area (Å²) in [7, 11) is 0. The van der Waals surface area contributed by atoms with Crippen LogP contribution in [0.1, 0.15) is 27.9 Å². The van der Waals surface area contributed by atoms with E-state index in [4.69, 9.17) is 23.2 Å². The Hall–Kier alpha value is -2.42. The molecule has 4 rings (SSSR count). The molecule has 2 heterocycles. The van der Waals surface area contributed by atoms with Crippen molar-refractivity contribution in [1.82, 2.24) is 4.98 Å². The van der Waals surface area contributed by atoms with E-state index in [9.17, 15) is 0 Å². The summed E-state index contributed by atoms with van der Waals surface area (Å²) in [6, 6.07) is 18.0.